The predicted molar refractivity (Wildman–Crippen MR) is 66.7 cm³/mol. The van der Waals surface area contributed by atoms with Crippen LogP contribution in [0.15, 0.2) is 6.07 Å². The van der Waals surface area contributed by atoms with Crippen LogP contribution in [0.3, 0.4) is 0 Å². The molecule has 8 heteroatoms. The average molecular weight is 299 g/mol. The van der Waals surface area contributed by atoms with Crippen molar-refractivity contribution in [1.82, 2.24) is 4.98 Å². The summed E-state index contributed by atoms with van der Waals surface area (Å²) in [6, 6.07) is 1.42. The van der Waals surface area contributed by atoms with Crippen molar-refractivity contribution in [3.05, 3.63) is 22.1 Å². The van der Waals surface area contributed by atoms with Crippen LogP contribution in [0.5, 0.6) is 5.88 Å². The van der Waals surface area contributed by atoms with Gasteiger partial charge in [-0.05, 0) is 12.1 Å². The quantitative estimate of drug-likeness (QED) is 0.837. The third-order valence-corrected chi connectivity index (χ3v) is 1.72. The van der Waals surface area contributed by atoms with E-state index in [2.05, 4.69) is 9.72 Å². The molecule has 1 rings (SSSR count). The molecular weight excluding hydrogens is 286 g/mol. The largest absolute Gasteiger partial charge is 0.479 e. The molecule has 18 heavy (non-hydrogen) atoms. The first-order chi connectivity index (χ1) is 8.23. The minimum atomic E-state index is -1.21. The molecule has 0 aromatic carbocycles. The summed E-state index contributed by atoms with van der Waals surface area (Å²) in [5, 5.41) is 7.98. The zero-order chi connectivity index (χ0) is 14.3. The summed E-state index contributed by atoms with van der Waals surface area (Å²) in [6.07, 6.45) is 0. The first-order valence-corrected chi connectivity index (χ1v) is 5.61. The number of halogens is 3. The molecule has 0 aliphatic heterocycles. The van der Waals surface area contributed by atoms with Crippen LogP contribution in [0.2, 0.25) is 10.0 Å². The lowest BCUT2D eigenvalue weighted by atomic mass is 10.5. The summed E-state index contributed by atoms with van der Waals surface area (Å²) in [4.78, 5) is 13.3. The van der Waals surface area contributed by atoms with Crippen LogP contribution in [-0.4, -0.2) is 28.7 Å². The number of carboxylic acid groups (broad SMARTS) is 1. The maximum Gasteiger partial charge on any atom is 0.341 e. The highest BCUT2D eigenvalue weighted by Gasteiger charge is 2.11. The number of carboxylic acids is 1. The molecule has 0 aliphatic rings. The van der Waals surface area contributed by atoms with E-state index in [1.807, 2.05) is 13.8 Å². The Kier molecular flexibility index (Phi) is 7.58. The SMILES string of the molecule is CC(C)N.O=C(O)COc1nc(F)c(Cl)cc1Cl. The van der Waals surface area contributed by atoms with Gasteiger partial charge < -0.3 is 15.6 Å². The molecule has 0 saturated carbocycles. The summed E-state index contributed by atoms with van der Waals surface area (Å²) >= 11 is 10.9. The van der Waals surface area contributed by atoms with Gasteiger partial charge in [-0.15, -0.1) is 0 Å². The Morgan fingerprint density at radius 3 is 2.50 bits per heavy atom. The van der Waals surface area contributed by atoms with E-state index in [1.165, 1.54) is 0 Å². The van der Waals surface area contributed by atoms with Crippen molar-refractivity contribution in [3.63, 3.8) is 0 Å². The number of nitrogens with zero attached hydrogens (tertiary/aromatic N) is 1. The maximum absolute atomic E-state index is 12.8. The second kappa shape index (κ2) is 8.07. The summed E-state index contributed by atoms with van der Waals surface area (Å²) < 4.78 is 17.3. The molecule has 1 aromatic rings. The Morgan fingerprint density at radius 1 is 1.56 bits per heavy atom. The number of aliphatic carboxylic acids is 1. The molecule has 0 aliphatic carbocycles. The Labute approximate surface area is 114 Å². The first kappa shape index (κ1) is 16.9. The van der Waals surface area contributed by atoms with Crippen LogP contribution < -0.4 is 10.5 Å². The number of carbonyl (C=O) groups is 1. The van der Waals surface area contributed by atoms with Gasteiger partial charge >= 0.3 is 5.97 Å². The molecule has 0 radical (unpaired) electrons. The van der Waals surface area contributed by atoms with Crippen molar-refractivity contribution in [2.75, 3.05) is 6.61 Å². The molecule has 0 bridgehead atoms. The number of nitrogens with two attached hydrogens (primary N) is 1. The van der Waals surface area contributed by atoms with E-state index in [-0.39, 0.29) is 15.9 Å². The van der Waals surface area contributed by atoms with Gasteiger partial charge in [-0.25, -0.2) is 4.79 Å². The first-order valence-electron chi connectivity index (χ1n) is 4.85. The van der Waals surface area contributed by atoms with E-state index in [0.29, 0.717) is 6.04 Å². The van der Waals surface area contributed by atoms with Crippen LogP contribution in [0.1, 0.15) is 13.8 Å². The van der Waals surface area contributed by atoms with Crippen LogP contribution in [0.25, 0.3) is 0 Å². The zero-order valence-electron chi connectivity index (χ0n) is 9.78. The smallest absolute Gasteiger partial charge is 0.341 e. The zero-order valence-corrected chi connectivity index (χ0v) is 11.3. The topological polar surface area (TPSA) is 85.4 Å². The van der Waals surface area contributed by atoms with E-state index in [1.54, 1.807) is 0 Å². The highest BCUT2D eigenvalue weighted by molar-refractivity contribution is 6.35. The minimum absolute atomic E-state index is 0.0438. The van der Waals surface area contributed by atoms with Crippen LogP contribution in [0, 0.1) is 5.95 Å². The lowest BCUT2D eigenvalue weighted by Crippen LogP contribution is -2.10. The molecule has 0 fully saturated rings. The number of rotatable bonds is 3. The summed E-state index contributed by atoms with van der Waals surface area (Å²) in [5.41, 5.74) is 5.11. The Balaban J connectivity index is 0.000000631. The minimum Gasteiger partial charge on any atom is -0.479 e. The van der Waals surface area contributed by atoms with Gasteiger partial charge in [-0.3, -0.25) is 0 Å². The van der Waals surface area contributed by atoms with Crippen molar-refractivity contribution in [2.45, 2.75) is 19.9 Å². The standard InChI is InChI=1S/C7H4Cl2FNO3.C3H9N/c8-3-1-4(9)7(11-6(3)10)14-2-5(12)13;1-3(2)4/h1H,2H2,(H,12,13);3H,4H2,1-2H3. The molecule has 3 N–H and O–H groups in total. The highest BCUT2D eigenvalue weighted by Crippen LogP contribution is 2.26. The van der Waals surface area contributed by atoms with Crippen molar-refractivity contribution >= 4 is 29.2 Å². The van der Waals surface area contributed by atoms with E-state index >= 15 is 0 Å². The summed E-state index contributed by atoms with van der Waals surface area (Å²) in [5.74, 6) is -2.47. The molecule has 5 nitrogen and oxygen atoms in total. The number of hydrogen-bond donors (Lipinski definition) is 2. The van der Waals surface area contributed by atoms with Crippen LogP contribution in [-0.2, 0) is 4.79 Å². The monoisotopic (exact) mass is 298 g/mol. The fraction of sp³-hybridized carbons (Fsp3) is 0.400. The fourth-order valence-corrected chi connectivity index (χ4v) is 1.07. The summed E-state index contributed by atoms with van der Waals surface area (Å²) in [7, 11) is 0. The van der Waals surface area contributed by atoms with Crippen molar-refractivity contribution in [3.8, 4) is 5.88 Å². The van der Waals surface area contributed by atoms with Gasteiger partial charge in [-0.1, -0.05) is 37.0 Å². The van der Waals surface area contributed by atoms with Gasteiger partial charge in [0, 0.05) is 0 Å². The second-order valence-corrected chi connectivity index (χ2v) is 4.29. The third kappa shape index (κ3) is 7.26. The molecule has 0 amide bonds. The highest BCUT2D eigenvalue weighted by atomic mass is 35.5. The molecule has 0 unspecified atom stereocenters. The molecule has 1 heterocycles. The second-order valence-electron chi connectivity index (χ2n) is 3.47. The van der Waals surface area contributed by atoms with E-state index < -0.39 is 18.5 Å². The number of hydrogen-bond acceptors (Lipinski definition) is 4. The van der Waals surface area contributed by atoms with Crippen molar-refractivity contribution in [1.29, 1.82) is 0 Å². The van der Waals surface area contributed by atoms with Gasteiger partial charge in [-0.2, -0.15) is 9.37 Å². The molecule has 0 atom stereocenters. The number of aromatic nitrogens is 1. The van der Waals surface area contributed by atoms with Crippen LogP contribution >= 0.6 is 23.2 Å². The number of ether oxygens (including phenoxy) is 1. The molecule has 0 saturated heterocycles. The Hall–Kier alpha value is -1.11. The normalized spacial score (nSPS) is 9.72. The molecule has 0 spiro atoms. The number of pyridine rings is 1. The van der Waals surface area contributed by atoms with E-state index in [9.17, 15) is 9.18 Å². The summed E-state index contributed by atoms with van der Waals surface area (Å²) in [6.45, 7) is 3.24. The molecule has 102 valence electrons. The van der Waals surface area contributed by atoms with Crippen molar-refractivity contribution in [2.24, 2.45) is 5.73 Å². The van der Waals surface area contributed by atoms with Gasteiger partial charge in [0.2, 0.25) is 11.8 Å². The Morgan fingerprint density at radius 2 is 2.06 bits per heavy atom. The third-order valence-electron chi connectivity index (χ3n) is 1.19. The van der Waals surface area contributed by atoms with Crippen molar-refractivity contribution < 1.29 is 19.0 Å². The van der Waals surface area contributed by atoms with Gasteiger partial charge in [0.15, 0.2) is 6.61 Å². The lowest BCUT2D eigenvalue weighted by molar-refractivity contribution is -0.139. The maximum atomic E-state index is 12.8. The fourth-order valence-electron chi connectivity index (χ4n) is 0.660. The van der Waals surface area contributed by atoms with Crippen LogP contribution in [0.4, 0.5) is 4.39 Å². The average Bonchev–Trinajstić information content (AvgIpc) is 2.20. The van der Waals surface area contributed by atoms with Gasteiger partial charge in [0.05, 0.1) is 5.02 Å². The van der Waals surface area contributed by atoms with E-state index in [0.717, 1.165) is 6.07 Å². The molecular formula is C10H13Cl2FN2O3. The lowest BCUT2D eigenvalue weighted by Gasteiger charge is -2.04. The van der Waals surface area contributed by atoms with Gasteiger partial charge in [0.25, 0.3) is 0 Å². The molecule has 1 aromatic heterocycles. The van der Waals surface area contributed by atoms with E-state index in [4.69, 9.17) is 34.0 Å². The van der Waals surface area contributed by atoms with Gasteiger partial charge in [0.1, 0.15) is 5.02 Å². The predicted octanol–water partition coefficient (Wildman–Crippen LogP) is 2.34. The Bertz CT molecular complexity index is 414.